The number of ketones is 1. The first-order chi connectivity index (χ1) is 9.93. The third-order valence-corrected chi connectivity index (χ3v) is 3.90. The average Bonchev–Trinajstić information content (AvgIpc) is 2.44. The summed E-state index contributed by atoms with van der Waals surface area (Å²) in [6.45, 7) is 7.90. The quantitative estimate of drug-likeness (QED) is 0.835. The van der Waals surface area contributed by atoms with E-state index in [2.05, 4.69) is 10.2 Å². The molecule has 21 heavy (non-hydrogen) atoms. The molecular formula is C16H22N2O3. The first-order valence-electron chi connectivity index (χ1n) is 7.19. The molecule has 0 aliphatic carbocycles. The van der Waals surface area contributed by atoms with E-state index in [4.69, 9.17) is 4.74 Å². The monoisotopic (exact) mass is 290 g/mol. The summed E-state index contributed by atoms with van der Waals surface area (Å²) in [4.78, 5) is 25.5. The highest BCUT2D eigenvalue weighted by molar-refractivity contribution is 5.96. The summed E-state index contributed by atoms with van der Waals surface area (Å²) >= 11 is 0. The van der Waals surface area contributed by atoms with Crippen LogP contribution in [0.15, 0.2) is 24.3 Å². The molecule has 5 nitrogen and oxygen atoms in total. The summed E-state index contributed by atoms with van der Waals surface area (Å²) in [6, 6.07) is 7.22. The highest BCUT2D eigenvalue weighted by Crippen LogP contribution is 2.20. The Morgan fingerprint density at radius 1 is 1.38 bits per heavy atom. The molecule has 1 heterocycles. The van der Waals surface area contributed by atoms with Crippen LogP contribution in [0.3, 0.4) is 0 Å². The lowest BCUT2D eigenvalue weighted by atomic mass is 9.99. The number of nitrogens with one attached hydrogen (secondary N) is 1. The average molecular weight is 290 g/mol. The molecule has 1 saturated heterocycles. The lowest BCUT2D eigenvalue weighted by Gasteiger charge is -2.41. The Morgan fingerprint density at radius 2 is 2.10 bits per heavy atom. The molecule has 0 atom stereocenters. The van der Waals surface area contributed by atoms with Crippen LogP contribution in [0, 0.1) is 0 Å². The molecule has 1 aromatic carbocycles. The van der Waals surface area contributed by atoms with Crippen molar-refractivity contribution < 1.29 is 14.3 Å². The van der Waals surface area contributed by atoms with Crippen molar-refractivity contribution in [2.45, 2.75) is 26.3 Å². The maximum absolute atomic E-state index is 11.9. The molecule has 0 aromatic heterocycles. The number of amides is 1. The molecule has 1 aliphatic heterocycles. The molecule has 5 heteroatoms. The Balaban J connectivity index is 1.96. The Labute approximate surface area is 125 Å². The number of piperazine rings is 1. The van der Waals surface area contributed by atoms with Gasteiger partial charge in [-0.1, -0.05) is 12.1 Å². The minimum atomic E-state index is -0.526. The number of para-hydroxylation sites is 1. The summed E-state index contributed by atoms with van der Waals surface area (Å²) in [6.07, 6.45) is 0. The number of benzene rings is 1. The minimum absolute atomic E-state index is 0.0109. The van der Waals surface area contributed by atoms with Gasteiger partial charge < -0.3 is 10.1 Å². The van der Waals surface area contributed by atoms with Crippen LogP contribution in [-0.2, 0) is 4.79 Å². The number of carbonyl (C=O) groups is 2. The van der Waals surface area contributed by atoms with Gasteiger partial charge in [0.05, 0.1) is 11.1 Å². The fourth-order valence-electron chi connectivity index (χ4n) is 2.48. The Hall–Kier alpha value is -1.88. The van der Waals surface area contributed by atoms with Crippen LogP contribution in [0.5, 0.6) is 5.75 Å². The lowest BCUT2D eigenvalue weighted by molar-refractivity contribution is -0.135. The van der Waals surface area contributed by atoms with Crippen molar-refractivity contribution in [3.8, 4) is 5.75 Å². The van der Waals surface area contributed by atoms with Crippen LogP contribution in [0.4, 0.5) is 0 Å². The molecule has 0 unspecified atom stereocenters. The fourth-order valence-corrected chi connectivity index (χ4v) is 2.48. The Bertz CT molecular complexity index is 540. The van der Waals surface area contributed by atoms with Gasteiger partial charge in [0.2, 0.25) is 5.91 Å². The second-order valence-electron chi connectivity index (χ2n) is 5.70. The minimum Gasteiger partial charge on any atom is -0.491 e. The van der Waals surface area contributed by atoms with Gasteiger partial charge >= 0.3 is 0 Å². The van der Waals surface area contributed by atoms with Crippen LogP contribution in [0.25, 0.3) is 0 Å². The standard InChI is InChI=1S/C16H22N2O3/c1-12(19)13-6-4-5-7-14(13)21-11-10-18-9-8-17-15(20)16(18,2)3/h4-7H,8-11H2,1-3H3,(H,17,20). The van der Waals surface area contributed by atoms with E-state index in [-0.39, 0.29) is 11.7 Å². The molecule has 114 valence electrons. The van der Waals surface area contributed by atoms with Crippen LogP contribution in [0.1, 0.15) is 31.1 Å². The first kappa shape index (κ1) is 15.5. The third-order valence-electron chi connectivity index (χ3n) is 3.90. The first-order valence-corrected chi connectivity index (χ1v) is 7.19. The predicted molar refractivity (Wildman–Crippen MR) is 80.6 cm³/mol. The van der Waals surface area contributed by atoms with Gasteiger partial charge in [-0.25, -0.2) is 0 Å². The largest absolute Gasteiger partial charge is 0.491 e. The molecule has 1 amide bonds. The zero-order valence-electron chi connectivity index (χ0n) is 12.8. The smallest absolute Gasteiger partial charge is 0.240 e. The van der Waals surface area contributed by atoms with E-state index in [1.165, 1.54) is 6.92 Å². The topological polar surface area (TPSA) is 58.6 Å². The summed E-state index contributed by atoms with van der Waals surface area (Å²) in [5.74, 6) is 0.630. The number of hydrogen-bond donors (Lipinski definition) is 1. The number of nitrogens with zero attached hydrogens (tertiary/aromatic N) is 1. The fraction of sp³-hybridized carbons (Fsp3) is 0.500. The summed E-state index contributed by atoms with van der Waals surface area (Å²) in [7, 11) is 0. The molecule has 0 saturated carbocycles. The second-order valence-corrected chi connectivity index (χ2v) is 5.70. The van der Waals surface area contributed by atoms with Gasteiger partial charge in [0, 0.05) is 19.6 Å². The van der Waals surface area contributed by atoms with Gasteiger partial charge in [-0.05, 0) is 32.9 Å². The summed E-state index contributed by atoms with van der Waals surface area (Å²) in [5, 5.41) is 2.87. The van der Waals surface area contributed by atoms with Gasteiger partial charge in [0.1, 0.15) is 12.4 Å². The number of hydrogen-bond acceptors (Lipinski definition) is 4. The summed E-state index contributed by atoms with van der Waals surface area (Å²) < 4.78 is 5.74. The molecular weight excluding hydrogens is 268 g/mol. The molecule has 1 aromatic rings. The highest BCUT2D eigenvalue weighted by Gasteiger charge is 2.37. The lowest BCUT2D eigenvalue weighted by Crippen LogP contribution is -2.62. The van der Waals surface area contributed by atoms with E-state index in [9.17, 15) is 9.59 Å². The van der Waals surface area contributed by atoms with E-state index in [0.29, 0.717) is 31.0 Å². The highest BCUT2D eigenvalue weighted by atomic mass is 16.5. The van der Waals surface area contributed by atoms with Crippen molar-refractivity contribution >= 4 is 11.7 Å². The Kier molecular flexibility index (Phi) is 4.63. The Morgan fingerprint density at radius 3 is 2.81 bits per heavy atom. The molecule has 0 radical (unpaired) electrons. The molecule has 1 N–H and O–H groups in total. The van der Waals surface area contributed by atoms with E-state index >= 15 is 0 Å². The van der Waals surface area contributed by atoms with Crippen molar-refractivity contribution in [3.63, 3.8) is 0 Å². The van der Waals surface area contributed by atoms with Gasteiger partial charge in [-0.2, -0.15) is 0 Å². The van der Waals surface area contributed by atoms with Gasteiger partial charge in [0.15, 0.2) is 5.78 Å². The molecule has 1 aliphatic rings. The van der Waals surface area contributed by atoms with E-state index in [0.717, 1.165) is 6.54 Å². The van der Waals surface area contributed by atoms with E-state index in [1.807, 2.05) is 26.0 Å². The van der Waals surface area contributed by atoms with Crippen molar-refractivity contribution in [2.75, 3.05) is 26.2 Å². The van der Waals surface area contributed by atoms with E-state index in [1.54, 1.807) is 12.1 Å². The zero-order valence-corrected chi connectivity index (χ0v) is 12.8. The summed E-state index contributed by atoms with van der Waals surface area (Å²) in [5.41, 5.74) is 0.0648. The van der Waals surface area contributed by atoms with Crippen molar-refractivity contribution in [1.29, 1.82) is 0 Å². The number of ether oxygens (including phenoxy) is 1. The normalized spacial score (nSPS) is 18.1. The van der Waals surface area contributed by atoms with Crippen molar-refractivity contribution in [1.82, 2.24) is 10.2 Å². The predicted octanol–water partition coefficient (Wildman–Crippen LogP) is 1.48. The van der Waals surface area contributed by atoms with Crippen molar-refractivity contribution in [2.24, 2.45) is 0 Å². The molecule has 2 rings (SSSR count). The zero-order chi connectivity index (χ0) is 15.5. The van der Waals surface area contributed by atoms with Gasteiger partial charge in [0.25, 0.3) is 0 Å². The van der Waals surface area contributed by atoms with Gasteiger partial charge in [-0.3, -0.25) is 14.5 Å². The van der Waals surface area contributed by atoms with Crippen LogP contribution < -0.4 is 10.1 Å². The molecule has 0 bridgehead atoms. The van der Waals surface area contributed by atoms with Crippen LogP contribution in [-0.4, -0.2) is 48.4 Å². The third kappa shape index (κ3) is 3.42. The number of Topliss-reactive ketones (excluding diaryl/α,β-unsaturated/α-hetero) is 1. The maximum Gasteiger partial charge on any atom is 0.240 e. The second kappa shape index (κ2) is 6.26. The molecule has 1 fully saturated rings. The molecule has 0 spiro atoms. The number of rotatable bonds is 5. The van der Waals surface area contributed by atoms with Crippen LogP contribution >= 0.6 is 0 Å². The van der Waals surface area contributed by atoms with E-state index < -0.39 is 5.54 Å². The van der Waals surface area contributed by atoms with Gasteiger partial charge in [-0.15, -0.1) is 0 Å². The van der Waals surface area contributed by atoms with Crippen molar-refractivity contribution in [3.05, 3.63) is 29.8 Å². The number of carbonyl (C=O) groups excluding carboxylic acids is 2. The maximum atomic E-state index is 11.9. The van der Waals surface area contributed by atoms with Crippen LogP contribution in [0.2, 0.25) is 0 Å². The SMILES string of the molecule is CC(=O)c1ccccc1OCCN1CCNC(=O)C1(C)C.